The maximum absolute atomic E-state index is 12.2. The molecule has 1 amide bonds. The van der Waals surface area contributed by atoms with Crippen LogP contribution in [-0.4, -0.2) is 29.4 Å². The minimum absolute atomic E-state index is 0.0965. The lowest BCUT2D eigenvalue weighted by molar-refractivity contribution is 0.0784. The molecule has 4 heteroatoms. The lowest BCUT2D eigenvalue weighted by Crippen LogP contribution is -2.40. The molecule has 1 atom stereocenters. The highest BCUT2D eigenvalue weighted by molar-refractivity contribution is 14.1. The second kappa shape index (κ2) is 4.33. The van der Waals surface area contributed by atoms with Gasteiger partial charge in [-0.25, -0.2) is 0 Å². The van der Waals surface area contributed by atoms with E-state index >= 15 is 0 Å². The number of halogens is 1. The molecule has 1 fully saturated rings. The molecule has 1 saturated heterocycles. The van der Waals surface area contributed by atoms with Gasteiger partial charge in [0.25, 0.3) is 5.91 Å². The monoisotopic (exact) mass is 330 g/mol. The van der Waals surface area contributed by atoms with Gasteiger partial charge in [-0.1, -0.05) is 12.1 Å². The van der Waals surface area contributed by atoms with Gasteiger partial charge in [-0.15, -0.1) is 0 Å². The van der Waals surface area contributed by atoms with Crippen LogP contribution < -0.4 is 5.73 Å². The Hall–Kier alpha value is -0.620. The topological polar surface area (TPSA) is 46.3 Å². The van der Waals surface area contributed by atoms with Crippen molar-refractivity contribution in [1.82, 2.24) is 4.90 Å². The first-order chi connectivity index (χ1) is 7.49. The molecule has 1 unspecified atom stereocenters. The van der Waals surface area contributed by atoms with Crippen molar-refractivity contribution >= 4 is 28.5 Å². The zero-order valence-electron chi connectivity index (χ0n) is 9.24. The summed E-state index contributed by atoms with van der Waals surface area (Å²) in [5.41, 5.74) is 6.58. The Morgan fingerprint density at radius 2 is 2.19 bits per heavy atom. The van der Waals surface area contributed by atoms with Crippen LogP contribution in [-0.2, 0) is 0 Å². The maximum atomic E-state index is 12.2. The third-order valence-electron chi connectivity index (χ3n) is 2.90. The molecule has 1 aromatic carbocycles. The zero-order chi connectivity index (χ0) is 11.8. The summed E-state index contributed by atoms with van der Waals surface area (Å²) >= 11 is 2.19. The number of rotatable bonds is 1. The van der Waals surface area contributed by atoms with Crippen LogP contribution in [0.15, 0.2) is 24.3 Å². The zero-order valence-corrected chi connectivity index (χ0v) is 11.4. The van der Waals surface area contributed by atoms with E-state index < -0.39 is 0 Å². The molecule has 0 bridgehead atoms. The molecule has 1 aliphatic rings. The Bertz CT molecular complexity index is 417. The van der Waals surface area contributed by atoms with E-state index in [1.165, 1.54) is 0 Å². The lowest BCUT2D eigenvalue weighted by atomic mass is 10.0. The van der Waals surface area contributed by atoms with E-state index in [2.05, 4.69) is 22.6 Å². The summed E-state index contributed by atoms with van der Waals surface area (Å²) in [6.07, 6.45) is 0.877. The molecule has 0 spiro atoms. The van der Waals surface area contributed by atoms with Gasteiger partial charge >= 0.3 is 0 Å². The van der Waals surface area contributed by atoms with E-state index in [0.717, 1.165) is 22.1 Å². The van der Waals surface area contributed by atoms with E-state index in [-0.39, 0.29) is 11.4 Å². The Morgan fingerprint density at radius 3 is 2.75 bits per heavy atom. The van der Waals surface area contributed by atoms with Crippen LogP contribution in [0.25, 0.3) is 0 Å². The number of likely N-dealkylation sites (tertiary alicyclic amines) is 1. The average molecular weight is 330 g/mol. The van der Waals surface area contributed by atoms with Gasteiger partial charge in [0.05, 0.1) is 5.56 Å². The third-order valence-corrected chi connectivity index (χ3v) is 3.84. The molecule has 1 heterocycles. The van der Waals surface area contributed by atoms with Gasteiger partial charge in [0.15, 0.2) is 0 Å². The highest BCUT2D eigenvalue weighted by Crippen LogP contribution is 2.21. The van der Waals surface area contributed by atoms with Gasteiger partial charge in [0.1, 0.15) is 0 Å². The Balaban J connectivity index is 2.18. The van der Waals surface area contributed by atoms with Crippen molar-refractivity contribution in [3.63, 3.8) is 0 Å². The summed E-state index contributed by atoms with van der Waals surface area (Å²) in [6, 6.07) is 7.66. The summed E-state index contributed by atoms with van der Waals surface area (Å²) in [5.74, 6) is 0.0965. The van der Waals surface area contributed by atoms with Gasteiger partial charge in [0.2, 0.25) is 0 Å². The van der Waals surface area contributed by atoms with E-state index in [9.17, 15) is 4.79 Å². The van der Waals surface area contributed by atoms with E-state index in [4.69, 9.17) is 5.73 Å². The minimum atomic E-state index is -0.226. The van der Waals surface area contributed by atoms with Gasteiger partial charge in [0, 0.05) is 22.2 Å². The second-order valence-corrected chi connectivity index (χ2v) is 5.77. The number of carbonyl (C=O) groups is 1. The van der Waals surface area contributed by atoms with Crippen LogP contribution in [0.5, 0.6) is 0 Å². The molecule has 0 aliphatic carbocycles. The first-order valence-corrected chi connectivity index (χ1v) is 6.40. The largest absolute Gasteiger partial charge is 0.337 e. The Labute approximate surface area is 109 Å². The van der Waals surface area contributed by atoms with Crippen molar-refractivity contribution in [2.24, 2.45) is 5.73 Å². The first kappa shape index (κ1) is 11.9. The van der Waals surface area contributed by atoms with Gasteiger partial charge < -0.3 is 10.6 Å². The molecule has 3 nitrogen and oxygen atoms in total. The molecule has 0 aromatic heterocycles. The van der Waals surface area contributed by atoms with Crippen LogP contribution in [0.2, 0.25) is 0 Å². The number of hydrogen-bond acceptors (Lipinski definition) is 2. The molecule has 2 rings (SSSR count). The number of benzene rings is 1. The van der Waals surface area contributed by atoms with Crippen molar-refractivity contribution in [3.05, 3.63) is 33.4 Å². The van der Waals surface area contributed by atoms with E-state index in [0.29, 0.717) is 6.54 Å². The standard InChI is InChI=1S/C12H15IN2O/c1-12(14)6-7-15(8-12)11(16)9-4-2-3-5-10(9)13/h2-5H,6-8,14H2,1H3. The summed E-state index contributed by atoms with van der Waals surface area (Å²) in [6.45, 7) is 3.41. The average Bonchev–Trinajstić information content (AvgIpc) is 2.59. The summed E-state index contributed by atoms with van der Waals surface area (Å²) < 4.78 is 0.996. The van der Waals surface area contributed by atoms with Crippen molar-refractivity contribution in [3.8, 4) is 0 Å². The fraction of sp³-hybridized carbons (Fsp3) is 0.417. The maximum Gasteiger partial charge on any atom is 0.254 e. The quantitative estimate of drug-likeness (QED) is 0.799. The van der Waals surface area contributed by atoms with Gasteiger partial charge in [-0.3, -0.25) is 4.79 Å². The molecule has 16 heavy (non-hydrogen) atoms. The molecule has 0 radical (unpaired) electrons. The molecular weight excluding hydrogens is 315 g/mol. The van der Waals surface area contributed by atoms with Crippen molar-refractivity contribution in [2.45, 2.75) is 18.9 Å². The fourth-order valence-electron chi connectivity index (χ4n) is 1.96. The molecular formula is C12H15IN2O. The van der Waals surface area contributed by atoms with Crippen molar-refractivity contribution in [2.75, 3.05) is 13.1 Å². The van der Waals surface area contributed by atoms with Crippen LogP contribution in [0, 0.1) is 3.57 Å². The number of nitrogens with two attached hydrogens (primary N) is 1. The number of nitrogens with zero attached hydrogens (tertiary/aromatic N) is 1. The Kier molecular flexibility index (Phi) is 3.21. The predicted octanol–water partition coefficient (Wildman–Crippen LogP) is 1.85. The van der Waals surface area contributed by atoms with Crippen molar-refractivity contribution < 1.29 is 4.79 Å². The summed E-state index contributed by atoms with van der Waals surface area (Å²) in [5, 5.41) is 0. The van der Waals surface area contributed by atoms with E-state index in [1.54, 1.807) is 0 Å². The van der Waals surface area contributed by atoms with Crippen LogP contribution in [0.1, 0.15) is 23.7 Å². The van der Waals surface area contributed by atoms with Crippen molar-refractivity contribution in [1.29, 1.82) is 0 Å². The SMILES string of the molecule is CC1(N)CCN(C(=O)c2ccccc2I)C1. The highest BCUT2D eigenvalue weighted by Gasteiger charge is 2.33. The number of amides is 1. The van der Waals surface area contributed by atoms with Gasteiger partial charge in [-0.05, 0) is 48.1 Å². The molecule has 0 saturated carbocycles. The van der Waals surface area contributed by atoms with Crippen LogP contribution in [0.4, 0.5) is 0 Å². The summed E-state index contributed by atoms with van der Waals surface area (Å²) in [4.78, 5) is 14.1. The Morgan fingerprint density at radius 1 is 1.50 bits per heavy atom. The fourth-order valence-corrected chi connectivity index (χ4v) is 2.58. The van der Waals surface area contributed by atoms with E-state index in [1.807, 2.05) is 36.1 Å². The van der Waals surface area contributed by atoms with Crippen LogP contribution >= 0.6 is 22.6 Å². The highest BCUT2D eigenvalue weighted by atomic mass is 127. The number of carbonyl (C=O) groups excluding carboxylic acids is 1. The third kappa shape index (κ3) is 2.38. The summed E-state index contributed by atoms with van der Waals surface area (Å²) in [7, 11) is 0. The predicted molar refractivity (Wildman–Crippen MR) is 72.3 cm³/mol. The second-order valence-electron chi connectivity index (χ2n) is 4.61. The van der Waals surface area contributed by atoms with Gasteiger partial charge in [-0.2, -0.15) is 0 Å². The minimum Gasteiger partial charge on any atom is -0.337 e. The molecule has 2 N–H and O–H groups in total. The molecule has 86 valence electrons. The molecule has 1 aromatic rings. The lowest BCUT2D eigenvalue weighted by Gasteiger charge is -2.20. The number of hydrogen-bond donors (Lipinski definition) is 1. The smallest absolute Gasteiger partial charge is 0.254 e. The van der Waals surface area contributed by atoms with Crippen LogP contribution in [0.3, 0.4) is 0 Å². The normalized spacial score (nSPS) is 24.8. The molecule has 1 aliphatic heterocycles. The first-order valence-electron chi connectivity index (χ1n) is 5.32.